The van der Waals surface area contributed by atoms with Gasteiger partial charge >= 0.3 is 0 Å². The molecule has 0 fully saturated rings. The van der Waals surface area contributed by atoms with Crippen molar-refractivity contribution in [2.45, 2.75) is 38.5 Å². The topological polar surface area (TPSA) is 147 Å². The molecule has 10 heteroatoms. The Hall–Kier alpha value is -1.65. The molecule has 1 amide bonds. The maximum absolute atomic E-state index is 12.2. The summed E-state index contributed by atoms with van der Waals surface area (Å²) in [7, 11) is 0. The number of nitrogens with two attached hydrogens (primary N) is 2. The second-order valence-electron chi connectivity index (χ2n) is 6.19. The zero-order chi connectivity index (χ0) is 20.9. The number of carbonyl (C=O) groups is 1. The lowest BCUT2D eigenvalue weighted by Crippen LogP contribution is -2.33. The number of hydrogen-bond donors (Lipinski definition) is 5. The predicted octanol–water partition coefficient (Wildman–Crippen LogP) is 2.92. The molecular formula is C18H27Br2N5O3. The van der Waals surface area contributed by atoms with E-state index in [1.807, 2.05) is 12.1 Å². The molecule has 0 aliphatic heterocycles. The quantitative estimate of drug-likeness (QED) is 0.0891. The maximum atomic E-state index is 12.2. The van der Waals surface area contributed by atoms with Gasteiger partial charge in [-0.15, -0.1) is 0 Å². The van der Waals surface area contributed by atoms with Crippen LogP contribution in [0.25, 0.3) is 0 Å². The number of ether oxygens (including phenoxy) is 1. The molecule has 0 spiro atoms. The Kier molecular flexibility index (Phi) is 11.8. The summed E-state index contributed by atoms with van der Waals surface area (Å²) in [6.45, 7) is 1.53. The van der Waals surface area contributed by atoms with E-state index < -0.39 is 5.91 Å². The Morgan fingerprint density at radius 1 is 1.21 bits per heavy atom. The molecule has 0 aliphatic rings. The molecular weight excluding hydrogens is 494 g/mol. The molecule has 0 radical (unpaired) electrons. The monoisotopic (exact) mass is 519 g/mol. The smallest absolute Gasteiger partial charge is 0.269 e. The van der Waals surface area contributed by atoms with Crippen LogP contribution in [0.1, 0.15) is 37.7 Å². The van der Waals surface area contributed by atoms with Crippen LogP contribution in [-0.2, 0) is 11.2 Å². The summed E-state index contributed by atoms with van der Waals surface area (Å²) in [6.07, 6.45) is 3.92. The van der Waals surface area contributed by atoms with Gasteiger partial charge in [-0.05, 0) is 75.4 Å². The molecule has 0 heterocycles. The molecule has 0 atom stereocenters. The van der Waals surface area contributed by atoms with Gasteiger partial charge in [0.25, 0.3) is 5.91 Å². The Morgan fingerprint density at radius 2 is 1.89 bits per heavy atom. The van der Waals surface area contributed by atoms with Crippen molar-refractivity contribution >= 4 is 49.3 Å². The van der Waals surface area contributed by atoms with Crippen LogP contribution in [0.2, 0.25) is 0 Å². The number of halogens is 2. The van der Waals surface area contributed by atoms with E-state index >= 15 is 0 Å². The molecule has 1 aromatic carbocycles. The molecule has 1 aromatic rings. The lowest BCUT2D eigenvalue weighted by Gasteiger charge is -2.12. The maximum Gasteiger partial charge on any atom is 0.269 e. The third kappa shape index (κ3) is 9.03. The summed E-state index contributed by atoms with van der Waals surface area (Å²) in [5.41, 5.74) is 11.6. The van der Waals surface area contributed by atoms with Crippen LogP contribution < -0.4 is 21.5 Å². The fourth-order valence-electron chi connectivity index (χ4n) is 2.39. The summed E-state index contributed by atoms with van der Waals surface area (Å²) < 4.78 is 7.15. The Balaban J connectivity index is 2.57. The first-order valence-corrected chi connectivity index (χ1v) is 10.6. The van der Waals surface area contributed by atoms with Gasteiger partial charge in [0.05, 0.1) is 21.4 Å². The fraction of sp³-hybridized carbons (Fsp3) is 0.500. The van der Waals surface area contributed by atoms with E-state index in [0.29, 0.717) is 31.9 Å². The van der Waals surface area contributed by atoms with Gasteiger partial charge in [0.2, 0.25) is 0 Å². The molecule has 28 heavy (non-hydrogen) atoms. The van der Waals surface area contributed by atoms with Crippen LogP contribution in [0.3, 0.4) is 0 Å². The predicted molar refractivity (Wildman–Crippen MR) is 117 cm³/mol. The van der Waals surface area contributed by atoms with Gasteiger partial charge in [0.15, 0.2) is 0 Å². The molecule has 7 N–H and O–H groups in total. The number of amidine groups is 1. The first-order chi connectivity index (χ1) is 13.4. The molecule has 0 unspecified atom stereocenters. The van der Waals surface area contributed by atoms with Crippen molar-refractivity contribution in [2.24, 2.45) is 16.6 Å². The van der Waals surface area contributed by atoms with Crippen molar-refractivity contribution in [3.05, 3.63) is 26.6 Å². The lowest BCUT2D eigenvalue weighted by atomic mass is 10.1. The average Bonchev–Trinajstić information content (AvgIpc) is 2.64. The minimum atomic E-state index is -0.412. The number of oxime groups is 1. The third-order valence-electron chi connectivity index (χ3n) is 3.82. The van der Waals surface area contributed by atoms with E-state index in [1.165, 1.54) is 0 Å². The van der Waals surface area contributed by atoms with Crippen LogP contribution >= 0.6 is 31.9 Å². The molecule has 8 nitrogen and oxygen atoms in total. The number of nitrogens with zero attached hydrogens (tertiary/aromatic N) is 1. The van der Waals surface area contributed by atoms with E-state index in [1.54, 1.807) is 0 Å². The Labute approximate surface area is 181 Å². The standard InChI is InChI=1S/C18H27Br2N5O3/c19-13-9-12(10-14(20)17(13)28-8-4-6-21)11-15(25-27)18(26)24-7-3-1-2-5-16(22)23/h9-10,27H,1-8,11,21H2,(H3,22,23)(H,24,26)/b25-15-. The highest BCUT2D eigenvalue weighted by molar-refractivity contribution is 9.11. The van der Waals surface area contributed by atoms with Gasteiger partial charge in [0.1, 0.15) is 11.5 Å². The van der Waals surface area contributed by atoms with E-state index in [0.717, 1.165) is 40.2 Å². The summed E-state index contributed by atoms with van der Waals surface area (Å²) in [5.74, 6) is 0.422. The van der Waals surface area contributed by atoms with Gasteiger partial charge in [-0.1, -0.05) is 11.6 Å². The van der Waals surface area contributed by atoms with Gasteiger partial charge in [-0.2, -0.15) is 0 Å². The molecule has 0 aliphatic carbocycles. The zero-order valence-electron chi connectivity index (χ0n) is 15.6. The van der Waals surface area contributed by atoms with Crippen LogP contribution in [0.15, 0.2) is 26.2 Å². The minimum absolute atomic E-state index is 0.0272. The average molecular weight is 521 g/mol. The van der Waals surface area contributed by atoms with E-state index in [9.17, 15) is 10.0 Å². The van der Waals surface area contributed by atoms with Crippen LogP contribution in [-0.4, -0.2) is 42.4 Å². The summed E-state index contributed by atoms with van der Waals surface area (Å²) in [5, 5.41) is 22.3. The van der Waals surface area contributed by atoms with E-state index in [4.69, 9.17) is 21.6 Å². The largest absolute Gasteiger partial charge is 0.491 e. The second-order valence-corrected chi connectivity index (χ2v) is 7.90. The van der Waals surface area contributed by atoms with Gasteiger partial charge in [0, 0.05) is 19.4 Å². The van der Waals surface area contributed by atoms with Crippen LogP contribution in [0.5, 0.6) is 5.75 Å². The molecule has 0 saturated heterocycles. The highest BCUT2D eigenvalue weighted by Gasteiger charge is 2.15. The number of amides is 1. The minimum Gasteiger partial charge on any atom is -0.491 e. The number of unbranched alkanes of at least 4 members (excludes halogenated alkanes) is 2. The van der Waals surface area contributed by atoms with E-state index in [2.05, 4.69) is 42.3 Å². The molecule has 156 valence electrons. The molecule has 0 aromatic heterocycles. The molecule has 0 saturated carbocycles. The van der Waals surface area contributed by atoms with Gasteiger partial charge < -0.3 is 26.7 Å². The van der Waals surface area contributed by atoms with Crippen molar-refractivity contribution in [3.8, 4) is 5.75 Å². The van der Waals surface area contributed by atoms with Crippen molar-refractivity contribution in [2.75, 3.05) is 19.7 Å². The van der Waals surface area contributed by atoms with Crippen molar-refractivity contribution in [1.29, 1.82) is 5.41 Å². The first kappa shape index (κ1) is 24.4. The van der Waals surface area contributed by atoms with E-state index in [-0.39, 0.29) is 18.0 Å². The number of benzene rings is 1. The second kappa shape index (κ2) is 13.5. The SMILES string of the molecule is N=C(N)CCCCCNC(=O)/C(Cc1cc(Br)c(OCCCN)c(Br)c1)=N\O. The Bertz CT molecular complexity index is 675. The summed E-state index contributed by atoms with van der Waals surface area (Å²) in [6, 6.07) is 3.64. The summed E-state index contributed by atoms with van der Waals surface area (Å²) >= 11 is 6.92. The van der Waals surface area contributed by atoms with Crippen LogP contribution in [0, 0.1) is 5.41 Å². The van der Waals surface area contributed by atoms with Crippen molar-refractivity contribution in [3.63, 3.8) is 0 Å². The highest BCUT2D eigenvalue weighted by atomic mass is 79.9. The number of nitrogens with one attached hydrogen (secondary N) is 2. The first-order valence-electron chi connectivity index (χ1n) is 9.01. The van der Waals surface area contributed by atoms with Gasteiger partial charge in [-0.25, -0.2) is 0 Å². The lowest BCUT2D eigenvalue weighted by molar-refractivity contribution is -0.115. The number of hydrogen-bond acceptors (Lipinski definition) is 6. The van der Waals surface area contributed by atoms with Crippen molar-refractivity contribution in [1.82, 2.24) is 5.32 Å². The summed E-state index contributed by atoms with van der Waals surface area (Å²) in [4.78, 5) is 12.2. The highest BCUT2D eigenvalue weighted by Crippen LogP contribution is 2.35. The normalized spacial score (nSPS) is 11.3. The van der Waals surface area contributed by atoms with Gasteiger partial charge in [-0.3, -0.25) is 10.2 Å². The number of rotatable bonds is 13. The third-order valence-corrected chi connectivity index (χ3v) is 4.99. The van der Waals surface area contributed by atoms with Crippen molar-refractivity contribution < 1.29 is 14.7 Å². The molecule has 1 rings (SSSR count). The molecule has 0 bridgehead atoms. The number of carbonyl (C=O) groups excluding carboxylic acids is 1. The fourth-order valence-corrected chi connectivity index (χ4v) is 3.90. The zero-order valence-corrected chi connectivity index (χ0v) is 18.8. The Morgan fingerprint density at radius 3 is 2.46 bits per heavy atom. The van der Waals surface area contributed by atoms with Crippen LogP contribution in [0.4, 0.5) is 0 Å².